The first-order valence-corrected chi connectivity index (χ1v) is 8.23. The molecule has 0 bridgehead atoms. The van der Waals surface area contributed by atoms with Crippen LogP contribution >= 0.6 is 8.79 Å². The van der Waals surface area contributed by atoms with Crippen LogP contribution in [0.25, 0.3) is 0 Å². The van der Waals surface area contributed by atoms with Crippen LogP contribution < -0.4 is 0 Å². The van der Waals surface area contributed by atoms with E-state index in [0.29, 0.717) is 0 Å². The van der Waals surface area contributed by atoms with Crippen LogP contribution in [-0.4, -0.2) is 7.74 Å². The lowest BCUT2D eigenvalue weighted by Crippen LogP contribution is -2.22. The predicted molar refractivity (Wildman–Crippen MR) is 60.5 cm³/mol. The lowest BCUT2D eigenvalue weighted by Gasteiger charge is -2.21. The zero-order valence-corrected chi connectivity index (χ0v) is 9.21. The Balaban J connectivity index is 4.09. The van der Waals surface area contributed by atoms with Crippen LogP contribution in [0.2, 0.25) is 18.1 Å². The Morgan fingerprint density at radius 1 is 0.909 bits per heavy atom. The molecule has 0 aromatic rings. The average Bonchev–Trinajstić information content (AvgIpc) is 1.88. The molecule has 0 aromatic carbocycles. The summed E-state index contributed by atoms with van der Waals surface area (Å²) in [5.41, 5.74) is 0. The lowest BCUT2D eigenvalue weighted by atomic mass is 10.7. The number of rotatable bonds is 6. The van der Waals surface area contributed by atoms with Gasteiger partial charge in [0.05, 0.1) is 7.74 Å². The van der Waals surface area contributed by atoms with E-state index in [-0.39, 0.29) is 0 Å². The van der Waals surface area contributed by atoms with Crippen molar-refractivity contribution in [3.63, 3.8) is 0 Å². The first-order valence-electron chi connectivity index (χ1n) is 3.80. The molecule has 0 nitrogen and oxygen atoms in total. The van der Waals surface area contributed by atoms with Gasteiger partial charge >= 0.3 is 0 Å². The molecule has 0 N–H and O–H groups in total. The second-order valence-corrected chi connectivity index (χ2v) is 10.5. The molecule has 1 atom stereocenters. The number of allylic oxidation sites excluding steroid dienone is 3. The summed E-state index contributed by atoms with van der Waals surface area (Å²) in [7, 11) is 1.82. The van der Waals surface area contributed by atoms with Crippen LogP contribution in [-0.2, 0) is 0 Å². The largest absolute Gasteiger partial charge is 0.148 e. The van der Waals surface area contributed by atoms with Gasteiger partial charge in [0.2, 0.25) is 0 Å². The minimum Gasteiger partial charge on any atom is -0.148 e. The molecule has 2 heteroatoms. The number of hydrogen-bond acceptors (Lipinski definition) is 0. The van der Waals surface area contributed by atoms with Gasteiger partial charge in [-0.3, -0.25) is 0 Å². The van der Waals surface area contributed by atoms with Gasteiger partial charge in [-0.2, -0.15) is 0 Å². The molecular weight excluding hydrogens is 167 g/mol. The minimum absolute atomic E-state index is 1.13. The van der Waals surface area contributed by atoms with Crippen molar-refractivity contribution in [1.29, 1.82) is 0 Å². The van der Waals surface area contributed by atoms with E-state index in [1.807, 2.05) is 18.2 Å². The normalized spacial score (nSPS) is 10.6. The number of hydrogen-bond donors (Lipinski definition) is 0. The van der Waals surface area contributed by atoms with Gasteiger partial charge in [0, 0.05) is 0 Å². The zero-order valence-electron chi connectivity index (χ0n) is 7.05. The van der Waals surface area contributed by atoms with E-state index in [2.05, 4.69) is 28.5 Å². The van der Waals surface area contributed by atoms with Gasteiger partial charge in [-0.05, 0) is 18.1 Å². The van der Waals surface area contributed by atoms with Gasteiger partial charge < -0.3 is 0 Å². The van der Waals surface area contributed by atoms with E-state index in [9.17, 15) is 0 Å². The van der Waals surface area contributed by atoms with Crippen LogP contribution in [0.5, 0.6) is 0 Å². The van der Waals surface area contributed by atoms with E-state index in [0.717, 1.165) is 18.1 Å². The summed E-state index contributed by atoms with van der Waals surface area (Å²) < 4.78 is 0. The third-order valence-corrected chi connectivity index (χ3v) is 7.08. The van der Waals surface area contributed by atoms with Gasteiger partial charge in [0.1, 0.15) is 0 Å². The maximum Gasteiger partial charge on any atom is 0.0857 e. The van der Waals surface area contributed by atoms with Gasteiger partial charge in [0.25, 0.3) is 0 Å². The molecule has 0 aliphatic carbocycles. The minimum atomic E-state index is -1.19. The highest BCUT2D eigenvalue weighted by atomic mass is 31.3. The molecule has 0 spiro atoms. The van der Waals surface area contributed by atoms with Crippen molar-refractivity contribution < 1.29 is 0 Å². The van der Waals surface area contributed by atoms with Gasteiger partial charge in [0.15, 0.2) is 0 Å². The Morgan fingerprint density at radius 3 is 1.36 bits per heavy atom. The van der Waals surface area contributed by atoms with Crippen molar-refractivity contribution in [2.45, 2.75) is 18.1 Å². The van der Waals surface area contributed by atoms with Gasteiger partial charge in [-0.15, -0.1) is 28.5 Å². The Labute approximate surface area is 73.2 Å². The Bertz CT molecular complexity index is 125. The SMILES string of the molecule is C=CC[Si](P)(CC=C)CC=C. The molecule has 0 amide bonds. The maximum atomic E-state index is 3.76. The fourth-order valence-corrected chi connectivity index (χ4v) is 4.84. The lowest BCUT2D eigenvalue weighted by molar-refractivity contribution is 1.43. The van der Waals surface area contributed by atoms with Crippen LogP contribution in [0.3, 0.4) is 0 Å². The molecule has 0 aliphatic heterocycles. The highest BCUT2D eigenvalue weighted by molar-refractivity contribution is 7.69. The summed E-state index contributed by atoms with van der Waals surface area (Å²) in [5.74, 6) is 0. The van der Waals surface area contributed by atoms with Crippen molar-refractivity contribution in [2.75, 3.05) is 0 Å². The Kier molecular flexibility index (Phi) is 5.44. The van der Waals surface area contributed by atoms with Crippen molar-refractivity contribution >= 4 is 16.5 Å². The molecule has 11 heavy (non-hydrogen) atoms. The van der Waals surface area contributed by atoms with E-state index in [1.54, 1.807) is 0 Å². The fraction of sp³-hybridized carbons (Fsp3) is 0.333. The highest BCUT2D eigenvalue weighted by Gasteiger charge is 2.21. The molecule has 0 aromatic heterocycles. The summed E-state index contributed by atoms with van der Waals surface area (Å²) in [6.07, 6.45) is 6.02. The average molecular weight is 184 g/mol. The van der Waals surface area contributed by atoms with Gasteiger partial charge in [-0.1, -0.05) is 18.2 Å². The second-order valence-electron chi connectivity index (χ2n) is 2.84. The standard InChI is InChI=1S/C9H17PSi/c1-4-7-11(10,8-5-2)9-6-3/h4-6H,1-3,7-10H2. The molecule has 0 rings (SSSR count). The first kappa shape index (κ1) is 10.9. The van der Waals surface area contributed by atoms with Crippen LogP contribution in [0.4, 0.5) is 0 Å². The molecule has 0 aliphatic rings. The van der Waals surface area contributed by atoms with Crippen molar-refractivity contribution in [3.8, 4) is 0 Å². The van der Waals surface area contributed by atoms with E-state index in [1.165, 1.54) is 0 Å². The summed E-state index contributed by atoms with van der Waals surface area (Å²) in [6.45, 7) is 11.3. The van der Waals surface area contributed by atoms with Crippen LogP contribution in [0.15, 0.2) is 38.0 Å². The van der Waals surface area contributed by atoms with Crippen molar-refractivity contribution in [3.05, 3.63) is 38.0 Å². The topological polar surface area (TPSA) is 0 Å². The third kappa shape index (κ3) is 4.34. The van der Waals surface area contributed by atoms with E-state index < -0.39 is 7.74 Å². The van der Waals surface area contributed by atoms with E-state index in [4.69, 9.17) is 0 Å². The van der Waals surface area contributed by atoms with E-state index >= 15 is 0 Å². The Hall–Kier alpha value is -0.133. The van der Waals surface area contributed by atoms with Crippen LogP contribution in [0.1, 0.15) is 0 Å². The summed E-state index contributed by atoms with van der Waals surface area (Å²) in [4.78, 5) is 0. The molecule has 62 valence electrons. The Morgan fingerprint density at radius 2 is 1.18 bits per heavy atom. The molecular formula is C9H17PSi. The fourth-order valence-electron chi connectivity index (χ4n) is 1.11. The summed E-state index contributed by atoms with van der Waals surface area (Å²) in [6, 6.07) is 3.40. The second kappa shape index (κ2) is 5.51. The van der Waals surface area contributed by atoms with Crippen LogP contribution in [0, 0.1) is 0 Å². The smallest absolute Gasteiger partial charge is 0.0857 e. The van der Waals surface area contributed by atoms with Gasteiger partial charge in [-0.25, -0.2) is 0 Å². The molecule has 1 unspecified atom stereocenters. The monoisotopic (exact) mass is 184 g/mol. The summed E-state index contributed by atoms with van der Waals surface area (Å²) in [5, 5.41) is 0. The summed E-state index contributed by atoms with van der Waals surface area (Å²) >= 11 is 0. The van der Waals surface area contributed by atoms with Crippen molar-refractivity contribution in [1.82, 2.24) is 0 Å². The quantitative estimate of drug-likeness (QED) is 0.337. The molecule has 0 saturated carbocycles. The molecule has 0 fully saturated rings. The third-order valence-electron chi connectivity index (χ3n) is 1.65. The van der Waals surface area contributed by atoms with Crippen molar-refractivity contribution in [2.24, 2.45) is 0 Å². The molecule has 0 heterocycles. The highest BCUT2D eigenvalue weighted by Crippen LogP contribution is 2.28. The first-order chi connectivity index (χ1) is 5.18. The molecule has 0 radical (unpaired) electrons. The zero-order chi connectivity index (χ0) is 8.74. The predicted octanol–water partition coefficient (Wildman–Crippen LogP) is 3.37. The molecule has 0 saturated heterocycles. The maximum absolute atomic E-state index is 3.76.